The van der Waals surface area contributed by atoms with Gasteiger partial charge in [-0.25, -0.2) is 9.79 Å². The van der Waals surface area contributed by atoms with E-state index in [1.807, 2.05) is 25.4 Å². The summed E-state index contributed by atoms with van der Waals surface area (Å²) in [4.78, 5) is 30.4. The molecular weight excluding hydrogens is 372 g/mol. The molecule has 1 saturated heterocycles. The van der Waals surface area contributed by atoms with E-state index in [0.717, 1.165) is 28.1 Å². The topological polar surface area (TPSA) is 115 Å². The molecule has 0 atom stereocenters. The van der Waals surface area contributed by atoms with Crippen LogP contribution in [0.3, 0.4) is 0 Å². The Kier molecular flexibility index (Phi) is 4.96. The number of aryl methyl sites for hydroxylation is 1. The smallest absolute Gasteiger partial charge is 0.322 e. The standard InChI is InChI=1S/C20H24N6O3/c1-25-11-13(10-22-25)14-3-4-16(29-2)15-9-17(23-18(14)15)24-20(28)26-7-5-12(6-8-26)19(21)27/h3-4,10-12H,5-9H2,1-2H3,(H2,21,27)(H,23,24,28). The Bertz CT molecular complexity index is 988. The van der Waals surface area contributed by atoms with Gasteiger partial charge in [0.1, 0.15) is 11.6 Å². The summed E-state index contributed by atoms with van der Waals surface area (Å²) in [6.07, 6.45) is 5.38. The van der Waals surface area contributed by atoms with E-state index in [0.29, 0.717) is 38.2 Å². The van der Waals surface area contributed by atoms with E-state index in [-0.39, 0.29) is 17.9 Å². The largest absolute Gasteiger partial charge is 0.496 e. The second-order valence-electron chi connectivity index (χ2n) is 7.37. The molecule has 1 aromatic carbocycles. The number of aliphatic imine (C=N–C) groups is 1. The summed E-state index contributed by atoms with van der Waals surface area (Å²) in [5.74, 6) is 0.869. The number of benzene rings is 1. The van der Waals surface area contributed by atoms with Crippen LogP contribution in [0.15, 0.2) is 29.5 Å². The van der Waals surface area contributed by atoms with Crippen molar-refractivity contribution < 1.29 is 14.3 Å². The average molecular weight is 396 g/mol. The maximum Gasteiger partial charge on any atom is 0.322 e. The summed E-state index contributed by atoms with van der Waals surface area (Å²) in [5, 5.41) is 7.15. The van der Waals surface area contributed by atoms with Crippen LogP contribution < -0.4 is 15.8 Å². The number of hydrogen-bond donors (Lipinski definition) is 2. The van der Waals surface area contributed by atoms with Crippen LogP contribution in [0, 0.1) is 5.92 Å². The van der Waals surface area contributed by atoms with Gasteiger partial charge in [0.05, 0.1) is 19.0 Å². The molecule has 2 aromatic rings. The molecule has 1 aromatic heterocycles. The van der Waals surface area contributed by atoms with E-state index in [2.05, 4.69) is 10.4 Å². The molecule has 29 heavy (non-hydrogen) atoms. The van der Waals surface area contributed by atoms with Gasteiger partial charge in [-0.2, -0.15) is 5.10 Å². The molecule has 9 nitrogen and oxygen atoms in total. The number of hydrogen-bond acceptors (Lipinski definition) is 5. The molecule has 0 saturated carbocycles. The Hall–Kier alpha value is -3.36. The predicted octanol–water partition coefficient (Wildman–Crippen LogP) is 1.59. The van der Waals surface area contributed by atoms with Crippen molar-refractivity contribution in [2.24, 2.45) is 23.7 Å². The zero-order chi connectivity index (χ0) is 20.5. The van der Waals surface area contributed by atoms with Gasteiger partial charge >= 0.3 is 6.03 Å². The fourth-order valence-electron chi connectivity index (χ4n) is 3.88. The number of amidine groups is 1. The molecule has 3 amide bonds. The van der Waals surface area contributed by atoms with Crippen molar-refractivity contribution in [1.29, 1.82) is 0 Å². The first-order valence-electron chi connectivity index (χ1n) is 9.58. The van der Waals surface area contributed by atoms with Gasteiger partial charge in [0.25, 0.3) is 0 Å². The number of likely N-dealkylation sites (tertiary alicyclic amines) is 1. The zero-order valence-electron chi connectivity index (χ0n) is 16.5. The van der Waals surface area contributed by atoms with Crippen LogP contribution in [0.5, 0.6) is 5.75 Å². The highest BCUT2D eigenvalue weighted by Gasteiger charge is 2.28. The van der Waals surface area contributed by atoms with Gasteiger partial charge in [0, 0.05) is 55.4 Å². The molecule has 0 radical (unpaired) electrons. The highest BCUT2D eigenvalue weighted by molar-refractivity contribution is 6.04. The van der Waals surface area contributed by atoms with Crippen LogP contribution >= 0.6 is 0 Å². The van der Waals surface area contributed by atoms with Crippen LogP contribution in [-0.2, 0) is 18.3 Å². The first-order chi connectivity index (χ1) is 14.0. The van der Waals surface area contributed by atoms with Crippen LogP contribution in [-0.4, -0.2) is 52.7 Å². The number of ether oxygens (including phenoxy) is 1. The second kappa shape index (κ2) is 7.57. The highest BCUT2D eigenvalue weighted by atomic mass is 16.5. The molecule has 3 heterocycles. The van der Waals surface area contributed by atoms with Crippen LogP contribution in [0.25, 0.3) is 11.1 Å². The maximum absolute atomic E-state index is 12.7. The van der Waals surface area contributed by atoms with E-state index in [9.17, 15) is 9.59 Å². The zero-order valence-corrected chi connectivity index (χ0v) is 16.5. The number of methoxy groups -OCH3 is 1. The van der Waals surface area contributed by atoms with Gasteiger partial charge in [-0.3, -0.25) is 14.8 Å². The molecular formula is C20H24N6O3. The number of primary amides is 1. The third kappa shape index (κ3) is 3.67. The highest BCUT2D eigenvalue weighted by Crippen LogP contribution is 2.41. The molecule has 0 unspecified atom stereocenters. The number of carbonyl (C=O) groups excluding carboxylic acids is 2. The summed E-state index contributed by atoms with van der Waals surface area (Å²) >= 11 is 0. The molecule has 0 bridgehead atoms. The van der Waals surface area contributed by atoms with Crippen LogP contribution in [0.1, 0.15) is 18.4 Å². The quantitative estimate of drug-likeness (QED) is 0.820. The van der Waals surface area contributed by atoms with E-state index in [4.69, 9.17) is 15.5 Å². The third-order valence-corrected chi connectivity index (χ3v) is 5.50. The van der Waals surface area contributed by atoms with E-state index < -0.39 is 0 Å². The number of nitrogens with one attached hydrogen (secondary N) is 1. The lowest BCUT2D eigenvalue weighted by molar-refractivity contribution is -0.122. The monoisotopic (exact) mass is 396 g/mol. The summed E-state index contributed by atoms with van der Waals surface area (Å²) in [6.45, 7) is 1.01. The number of amides is 3. The number of fused-ring (bicyclic) bond motifs is 1. The number of carbonyl (C=O) groups is 2. The lowest BCUT2D eigenvalue weighted by atomic mass is 9.96. The van der Waals surface area contributed by atoms with Crippen molar-refractivity contribution in [2.75, 3.05) is 20.2 Å². The number of nitrogens with two attached hydrogens (primary N) is 1. The Morgan fingerprint density at radius 1 is 1.28 bits per heavy atom. The van der Waals surface area contributed by atoms with E-state index in [1.54, 1.807) is 22.9 Å². The van der Waals surface area contributed by atoms with Gasteiger partial charge < -0.3 is 15.4 Å². The molecule has 2 aliphatic rings. The molecule has 9 heteroatoms. The van der Waals surface area contributed by atoms with Crippen molar-refractivity contribution in [2.45, 2.75) is 19.3 Å². The van der Waals surface area contributed by atoms with Crippen LogP contribution in [0.2, 0.25) is 0 Å². The van der Waals surface area contributed by atoms with Gasteiger partial charge in [-0.1, -0.05) is 0 Å². The van der Waals surface area contributed by atoms with Crippen molar-refractivity contribution in [3.05, 3.63) is 30.1 Å². The van der Waals surface area contributed by atoms with Crippen molar-refractivity contribution >= 4 is 23.5 Å². The number of aromatic nitrogens is 2. The van der Waals surface area contributed by atoms with Gasteiger partial charge in [-0.15, -0.1) is 0 Å². The third-order valence-electron chi connectivity index (χ3n) is 5.50. The Morgan fingerprint density at radius 3 is 2.66 bits per heavy atom. The lowest BCUT2D eigenvalue weighted by Gasteiger charge is -2.30. The predicted molar refractivity (Wildman–Crippen MR) is 108 cm³/mol. The number of piperidine rings is 1. The minimum Gasteiger partial charge on any atom is -0.496 e. The summed E-state index contributed by atoms with van der Waals surface area (Å²) < 4.78 is 7.24. The minimum absolute atomic E-state index is 0.154. The van der Waals surface area contributed by atoms with Crippen molar-refractivity contribution in [1.82, 2.24) is 20.0 Å². The molecule has 1 fully saturated rings. The number of rotatable bonds is 3. The Labute approximate surface area is 168 Å². The second-order valence-corrected chi connectivity index (χ2v) is 7.37. The molecule has 152 valence electrons. The van der Waals surface area contributed by atoms with E-state index >= 15 is 0 Å². The van der Waals surface area contributed by atoms with Crippen LogP contribution in [0.4, 0.5) is 10.5 Å². The molecule has 3 N–H and O–H groups in total. The Morgan fingerprint density at radius 2 is 2.03 bits per heavy atom. The van der Waals surface area contributed by atoms with E-state index in [1.165, 1.54) is 0 Å². The average Bonchev–Trinajstić information content (AvgIpc) is 3.33. The summed E-state index contributed by atoms with van der Waals surface area (Å²) in [6, 6.07) is 3.66. The first-order valence-corrected chi connectivity index (χ1v) is 9.58. The maximum atomic E-state index is 12.7. The molecule has 0 aliphatic carbocycles. The minimum atomic E-state index is -0.296. The van der Waals surface area contributed by atoms with Gasteiger partial charge in [-0.05, 0) is 25.0 Å². The van der Waals surface area contributed by atoms with Crippen molar-refractivity contribution in [3.63, 3.8) is 0 Å². The molecule has 0 spiro atoms. The summed E-state index contributed by atoms with van der Waals surface area (Å²) in [5.41, 5.74) is 9.00. The molecule has 4 rings (SSSR count). The molecule has 2 aliphatic heterocycles. The fourth-order valence-corrected chi connectivity index (χ4v) is 3.88. The van der Waals surface area contributed by atoms with Gasteiger partial charge in [0.2, 0.25) is 5.91 Å². The van der Waals surface area contributed by atoms with Crippen molar-refractivity contribution in [3.8, 4) is 16.9 Å². The summed E-state index contributed by atoms with van der Waals surface area (Å²) in [7, 11) is 3.49. The van der Waals surface area contributed by atoms with Gasteiger partial charge in [0.15, 0.2) is 0 Å². The SMILES string of the molecule is COc1ccc(-c2cnn(C)c2)c2c1CC(NC(=O)N1CCC(C(N)=O)CC1)=N2. The number of urea groups is 1. The Balaban J connectivity index is 1.52. The first kappa shape index (κ1) is 19.0. The lowest BCUT2D eigenvalue weighted by Crippen LogP contribution is -2.47. The fraction of sp³-hybridized carbons (Fsp3) is 0.400. The normalized spacial score (nSPS) is 16.3. The number of nitrogens with zero attached hydrogens (tertiary/aromatic N) is 4.